The first-order chi connectivity index (χ1) is 11.4. The van der Waals surface area contributed by atoms with Crippen molar-refractivity contribution < 1.29 is 22.7 Å². The summed E-state index contributed by atoms with van der Waals surface area (Å²) in [7, 11) is -3.69. The van der Waals surface area contributed by atoms with Gasteiger partial charge in [-0.25, -0.2) is 13.6 Å². The normalized spacial score (nSPS) is 11.0. The number of benzene rings is 2. The third-order valence-electron chi connectivity index (χ3n) is 3.23. The predicted molar refractivity (Wildman–Crippen MR) is 89.0 cm³/mol. The number of aryl methyl sites for hydroxylation is 1. The number of hydrogen-bond donors (Lipinski definition) is 1. The van der Waals surface area contributed by atoms with Gasteiger partial charge in [0.25, 0.3) is 0 Å². The van der Waals surface area contributed by atoms with Gasteiger partial charge in [-0.1, -0.05) is 30.3 Å². The van der Waals surface area contributed by atoms with Gasteiger partial charge in [-0.2, -0.15) is 0 Å². The highest BCUT2D eigenvalue weighted by Crippen LogP contribution is 2.11. The number of hydrogen-bond acceptors (Lipinski definition) is 5. The smallest absolute Gasteiger partial charge is 0.306 e. The molecule has 0 unspecified atom stereocenters. The van der Waals surface area contributed by atoms with E-state index in [4.69, 9.17) is 14.6 Å². The van der Waals surface area contributed by atoms with E-state index < -0.39 is 10.0 Å². The van der Waals surface area contributed by atoms with Gasteiger partial charge in [0.05, 0.1) is 4.90 Å². The van der Waals surface area contributed by atoms with Crippen LogP contribution in [-0.2, 0) is 26.0 Å². The molecule has 2 rings (SSSR count). The standard InChI is InChI=1S/C17H19NO5S/c18-24(20,21)16-9-6-14(7-10-16)8-11-17(19)23-13-12-22-15-4-2-1-3-5-15/h1-7,9-10H,8,11-13H2,(H2,18,20,21). The molecule has 24 heavy (non-hydrogen) atoms. The molecule has 0 bridgehead atoms. The third-order valence-corrected chi connectivity index (χ3v) is 4.16. The summed E-state index contributed by atoms with van der Waals surface area (Å²) in [6.45, 7) is 0.469. The number of ether oxygens (including phenoxy) is 2. The second-order valence-electron chi connectivity index (χ2n) is 5.07. The maximum Gasteiger partial charge on any atom is 0.306 e. The Bertz CT molecular complexity index is 757. The van der Waals surface area contributed by atoms with Crippen LogP contribution in [0.3, 0.4) is 0 Å². The molecule has 2 aromatic carbocycles. The number of nitrogens with two attached hydrogens (primary N) is 1. The van der Waals surface area contributed by atoms with Gasteiger partial charge in [0.15, 0.2) is 0 Å². The molecule has 6 nitrogen and oxygen atoms in total. The summed E-state index contributed by atoms with van der Waals surface area (Å²) < 4.78 is 32.8. The fraction of sp³-hybridized carbons (Fsp3) is 0.235. The van der Waals surface area contributed by atoms with E-state index in [0.29, 0.717) is 13.0 Å². The molecule has 0 heterocycles. The van der Waals surface area contributed by atoms with Gasteiger partial charge in [0.1, 0.15) is 19.0 Å². The van der Waals surface area contributed by atoms with Crippen LogP contribution in [0.2, 0.25) is 0 Å². The zero-order valence-electron chi connectivity index (χ0n) is 13.1. The van der Waals surface area contributed by atoms with Crippen LogP contribution < -0.4 is 9.88 Å². The van der Waals surface area contributed by atoms with Crippen LogP contribution >= 0.6 is 0 Å². The topological polar surface area (TPSA) is 95.7 Å². The molecule has 7 heteroatoms. The highest BCUT2D eigenvalue weighted by molar-refractivity contribution is 7.89. The maximum absolute atomic E-state index is 11.7. The van der Waals surface area contributed by atoms with Crippen molar-refractivity contribution >= 4 is 16.0 Å². The molecule has 0 saturated heterocycles. The van der Waals surface area contributed by atoms with E-state index >= 15 is 0 Å². The van der Waals surface area contributed by atoms with Crippen molar-refractivity contribution in [3.8, 4) is 5.75 Å². The lowest BCUT2D eigenvalue weighted by Crippen LogP contribution is -2.13. The van der Waals surface area contributed by atoms with E-state index in [2.05, 4.69) is 0 Å². The molecular formula is C17H19NO5S. The van der Waals surface area contributed by atoms with Gasteiger partial charge < -0.3 is 9.47 Å². The van der Waals surface area contributed by atoms with Crippen molar-refractivity contribution in [1.29, 1.82) is 0 Å². The second kappa shape index (κ2) is 8.47. The SMILES string of the molecule is NS(=O)(=O)c1ccc(CCC(=O)OCCOc2ccccc2)cc1. The molecule has 0 spiro atoms. The average molecular weight is 349 g/mol. The van der Waals surface area contributed by atoms with Crippen molar-refractivity contribution in [1.82, 2.24) is 0 Å². The number of primary sulfonamides is 1. The monoisotopic (exact) mass is 349 g/mol. The van der Waals surface area contributed by atoms with Gasteiger partial charge in [0, 0.05) is 6.42 Å². The van der Waals surface area contributed by atoms with Crippen LogP contribution in [0.25, 0.3) is 0 Å². The molecule has 0 radical (unpaired) electrons. The van der Waals surface area contributed by atoms with Crippen molar-refractivity contribution in [2.75, 3.05) is 13.2 Å². The van der Waals surface area contributed by atoms with E-state index in [1.807, 2.05) is 30.3 Å². The Balaban J connectivity index is 1.67. The van der Waals surface area contributed by atoms with Gasteiger partial charge in [-0.05, 0) is 36.2 Å². The Morgan fingerprint density at radius 1 is 0.958 bits per heavy atom. The molecule has 0 amide bonds. The molecule has 0 aliphatic rings. The number of carbonyl (C=O) groups excluding carboxylic acids is 1. The zero-order chi connectivity index (χ0) is 17.4. The third kappa shape index (κ3) is 6.02. The lowest BCUT2D eigenvalue weighted by Gasteiger charge is -2.07. The second-order valence-corrected chi connectivity index (χ2v) is 6.63. The fourth-order valence-corrected chi connectivity index (χ4v) is 2.51. The summed E-state index contributed by atoms with van der Waals surface area (Å²) >= 11 is 0. The minimum atomic E-state index is -3.69. The first-order valence-electron chi connectivity index (χ1n) is 7.40. The molecule has 128 valence electrons. The number of esters is 1. The summed E-state index contributed by atoms with van der Waals surface area (Å²) in [6, 6.07) is 15.4. The number of para-hydroxylation sites is 1. The summed E-state index contributed by atoms with van der Waals surface area (Å²) in [6.07, 6.45) is 0.670. The average Bonchev–Trinajstić information content (AvgIpc) is 2.57. The zero-order valence-corrected chi connectivity index (χ0v) is 13.9. The number of sulfonamides is 1. The van der Waals surface area contributed by atoms with Gasteiger partial charge >= 0.3 is 5.97 Å². The molecule has 0 saturated carbocycles. The van der Waals surface area contributed by atoms with E-state index in [9.17, 15) is 13.2 Å². The summed E-state index contributed by atoms with van der Waals surface area (Å²) in [5.74, 6) is 0.394. The molecule has 0 fully saturated rings. The van der Waals surface area contributed by atoms with Crippen molar-refractivity contribution in [3.05, 3.63) is 60.2 Å². The lowest BCUT2D eigenvalue weighted by atomic mass is 10.1. The van der Waals surface area contributed by atoms with Gasteiger partial charge in [-0.15, -0.1) is 0 Å². The van der Waals surface area contributed by atoms with Gasteiger partial charge in [0.2, 0.25) is 10.0 Å². The van der Waals surface area contributed by atoms with Crippen LogP contribution in [0.15, 0.2) is 59.5 Å². The van der Waals surface area contributed by atoms with Crippen molar-refractivity contribution in [2.45, 2.75) is 17.7 Å². The summed E-state index contributed by atoms with van der Waals surface area (Å²) in [5.41, 5.74) is 0.833. The quantitative estimate of drug-likeness (QED) is 0.580. The van der Waals surface area contributed by atoms with Crippen LogP contribution in [0, 0.1) is 0 Å². The number of carbonyl (C=O) groups is 1. The molecule has 0 aromatic heterocycles. The Labute approximate surface area is 141 Å². The van der Waals surface area contributed by atoms with Gasteiger partial charge in [-0.3, -0.25) is 4.79 Å². The van der Waals surface area contributed by atoms with Crippen LogP contribution in [0.1, 0.15) is 12.0 Å². The highest BCUT2D eigenvalue weighted by atomic mass is 32.2. The van der Waals surface area contributed by atoms with E-state index in [1.165, 1.54) is 12.1 Å². The minimum absolute atomic E-state index is 0.0480. The molecule has 0 aliphatic heterocycles. The maximum atomic E-state index is 11.7. The van der Waals surface area contributed by atoms with Crippen LogP contribution in [0.4, 0.5) is 0 Å². The fourth-order valence-electron chi connectivity index (χ4n) is 2.00. The van der Waals surface area contributed by atoms with Crippen LogP contribution in [-0.4, -0.2) is 27.6 Å². The molecule has 2 N–H and O–H groups in total. The molecule has 0 aliphatic carbocycles. The molecule has 0 atom stereocenters. The first kappa shape index (κ1) is 18.0. The first-order valence-corrected chi connectivity index (χ1v) is 8.95. The van der Waals surface area contributed by atoms with Crippen LogP contribution in [0.5, 0.6) is 5.75 Å². The Morgan fingerprint density at radius 2 is 1.62 bits per heavy atom. The largest absolute Gasteiger partial charge is 0.490 e. The number of rotatable bonds is 8. The van der Waals surface area contributed by atoms with E-state index in [-0.39, 0.29) is 23.9 Å². The Morgan fingerprint density at radius 3 is 2.25 bits per heavy atom. The highest BCUT2D eigenvalue weighted by Gasteiger charge is 2.08. The summed E-state index contributed by atoms with van der Waals surface area (Å²) in [5, 5.41) is 5.03. The Kier molecular flexibility index (Phi) is 6.34. The summed E-state index contributed by atoms with van der Waals surface area (Å²) in [4.78, 5) is 11.7. The van der Waals surface area contributed by atoms with Crippen molar-refractivity contribution in [3.63, 3.8) is 0 Å². The predicted octanol–water partition coefficient (Wildman–Crippen LogP) is 1.89. The van der Waals surface area contributed by atoms with Crippen molar-refractivity contribution in [2.24, 2.45) is 5.14 Å². The molecule has 2 aromatic rings. The minimum Gasteiger partial charge on any atom is -0.490 e. The molecular weight excluding hydrogens is 330 g/mol. The Hall–Kier alpha value is -2.38. The van der Waals surface area contributed by atoms with E-state index in [0.717, 1.165) is 11.3 Å². The lowest BCUT2D eigenvalue weighted by molar-refractivity contribution is -0.144. The van der Waals surface area contributed by atoms with E-state index in [1.54, 1.807) is 12.1 Å².